The Morgan fingerprint density at radius 3 is 2.70 bits per heavy atom. The van der Waals surface area contributed by atoms with Gasteiger partial charge in [0, 0.05) is 40.6 Å². The Bertz CT molecular complexity index is 423. The average molecular weight is 357 g/mol. The maximum atomic E-state index is 6.14. The fourth-order valence-electron chi connectivity index (χ4n) is 2.81. The lowest BCUT2D eigenvalue weighted by atomic mass is 9.90. The van der Waals surface area contributed by atoms with Crippen LogP contribution in [0.4, 0.5) is 0 Å². The molecule has 2 nitrogen and oxygen atoms in total. The number of hydrogen-bond donors (Lipinski definition) is 1. The molecule has 1 saturated heterocycles. The molecule has 1 heterocycles. The minimum atomic E-state index is 0.0717. The number of benzene rings is 1. The largest absolute Gasteiger partial charge is 0.329 e. The Kier molecular flexibility index (Phi) is 5.96. The molecule has 0 amide bonds. The molecule has 0 saturated carbocycles. The zero-order valence-electron chi connectivity index (χ0n) is 12.4. The summed E-state index contributed by atoms with van der Waals surface area (Å²) in [5.74, 6) is 1.23. The summed E-state index contributed by atoms with van der Waals surface area (Å²) in [6.07, 6.45) is 2.28. The molecule has 0 spiro atoms. The monoisotopic (exact) mass is 356 g/mol. The normalized spacial score (nSPS) is 23.5. The molecule has 20 heavy (non-hydrogen) atoms. The first-order chi connectivity index (χ1) is 9.57. The molecular weight excluding hydrogens is 332 g/mol. The summed E-state index contributed by atoms with van der Waals surface area (Å²) in [5.41, 5.74) is 7.58. The maximum Gasteiger partial charge on any atom is 0.0344 e. The summed E-state index contributed by atoms with van der Waals surface area (Å²) in [6, 6.07) is 8.64. The van der Waals surface area contributed by atoms with Crippen molar-refractivity contribution >= 4 is 27.7 Å². The van der Waals surface area contributed by atoms with Crippen molar-refractivity contribution in [1.82, 2.24) is 4.90 Å². The first-order valence-electron chi connectivity index (χ1n) is 7.38. The zero-order valence-corrected chi connectivity index (χ0v) is 14.8. The summed E-state index contributed by atoms with van der Waals surface area (Å²) in [5, 5.41) is 0.763. The Morgan fingerprint density at radius 2 is 2.10 bits per heavy atom. The van der Waals surface area contributed by atoms with Gasteiger partial charge in [0.1, 0.15) is 0 Å². The summed E-state index contributed by atoms with van der Waals surface area (Å²) >= 11 is 5.61. The van der Waals surface area contributed by atoms with Crippen molar-refractivity contribution in [2.45, 2.75) is 37.5 Å². The fourth-order valence-corrected chi connectivity index (χ4v) is 4.26. The standard InChI is InChI=1S/C16H25BrN2S/c1-3-15-11-19(8-9-20-15)16(2,12-18)10-13-4-6-14(17)7-5-13/h4-7,15H,3,8-12,18H2,1-2H3. The molecule has 1 aromatic rings. The van der Waals surface area contributed by atoms with E-state index in [0.29, 0.717) is 6.54 Å². The van der Waals surface area contributed by atoms with Crippen molar-refractivity contribution in [3.63, 3.8) is 0 Å². The molecule has 112 valence electrons. The van der Waals surface area contributed by atoms with Gasteiger partial charge in [0.25, 0.3) is 0 Å². The lowest BCUT2D eigenvalue weighted by molar-refractivity contribution is 0.114. The molecule has 2 N–H and O–H groups in total. The molecule has 1 aromatic carbocycles. The molecule has 1 aliphatic rings. The highest BCUT2D eigenvalue weighted by Crippen LogP contribution is 2.28. The average Bonchev–Trinajstić information content (AvgIpc) is 2.49. The Labute approximate surface area is 135 Å². The number of halogens is 1. The third-order valence-electron chi connectivity index (χ3n) is 4.30. The molecule has 0 aromatic heterocycles. The summed E-state index contributed by atoms with van der Waals surface area (Å²) in [6.45, 7) is 7.65. The molecule has 0 radical (unpaired) electrons. The predicted octanol–water partition coefficient (Wildman–Crippen LogP) is 3.54. The summed E-state index contributed by atoms with van der Waals surface area (Å²) in [7, 11) is 0. The van der Waals surface area contributed by atoms with Crippen LogP contribution in [0, 0.1) is 0 Å². The van der Waals surface area contributed by atoms with E-state index in [-0.39, 0.29) is 5.54 Å². The van der Waals surface area contributed by atoms with E-state index >= 15 is 0 Å². The van der Waals surface area contributed by atoms with Gasteiger partial charge in [-0.2, -0.15) is 11.8 Å². The van der Waals surface area contributed by atoms with E-state index in [4.69, 9.17) is 5.73 Å². The maximum absolute atomic E-state index is 6.14. The van der Waals surface area contributed by atoms with Gasteiger partial charge in [-0.3, -0.25) is 4.90 Å². The van der Waals surface area contributed by atoms with Crippen LogP contribution in [-0.2, 0) is 6.42 Å². The lowest BCUT2D eigenvalue weighted by Crippen LogP contribution is -2.57. The fraction of sp³-hybridized carbons (Fsp3) is 0.625. The smallest absolute Gasteiger partial charge is 0.0344 e. The second-order valence-corrected chi connectivity index (χ2v) is 8.18. The molecule has 4 heteroatoms. The number of rotatable bonds is 5. The predicted molar refractivity (Wildman–Crippen MR) is 93.4 cm³/mol. The lowest BCUT2D eigenvalue weighted by Gasteiger charge is -2.45. The van der Waals surface area contributed by atoms with Gasteiger partial charge >= 0.3 is 0 Å². The van der Waals surface area contributed by atoms with E-state index in [1.54, 1.807) is 0 Å². The van der Waals surface area contributed by atoms with E-state index in [1.807, 2.05) is 0 Å². The minimum Gasteiger partial charge on any atom is -0.329 e. The van der Waals surface area contributed by atoms with Gasteiger partial charge < -0.3 is 5.73 Å². The highest BCUT2D eigenvalue weighted by Gasteiger charge is 2.34. The van der Waals surface area contributed by atoms with Crippen molar-refractivity contribution < 1.29 is 0 Å². The molecule has 1 fully saturated rings. The van der Waals surface area contributed by atoms with E-state index in [9.17, 15) is 0 Å². The molecule has 0 aliphatic carbocycles. The number of nitrogens with two attached hydrogens (primary N) is 1. The van der Waals surface area contributed by atoms with Gasteiger partial charge in [0.05, 0.1) is 0 Å². The SMILES string of the molecule is CCC1CN(C(C)(CN)Cc2ccc(Br)cc2)CCS1. The van der Waals surface area contributed by atoms with Crippen LogP contribution in [0.15, 0.2) is 28.7 Å². The van der Waals surface area contributed by atoms with Crippen LogP contribution < -0.4 is 5.73 Å². The van der Waals surface area contributed by atoms with Gasteiger partial charge in [-0.25, -0.2) is 0 Å². The second-order valence-electron chi connectivity index (χ2n) is 5.85. The van der Waals surface area contributed by atoms with Crippen LogP contribution >= 0.6 is 27.7 Å². The van der Waals surface area contributed by atoms with Gasteiger partial charge in [0.15, 0.2) is 0 Å². The third kappa shape index (κ3) is 4.00. The number of hydrogen-bond acceptors (Lipinski definition) is 3. The van der Waals surface area contributed by atoms with E-state index < -0.39 is 0 Å². The highest BCUT2D eigenvalue weighted by atomic mass is 79.9. The number of thioether (sulfide) groups is 1. The molecule has 2 unspecified atom stereocenters. The van der Waals surface area contributed by atoms with E-state index in [1.165, 1.54) is 24.3 Å². The van der Waals surface area contributed by atoms with Crippen LogP contribution in [0.5, 0.6) is 0 Å². The minimum absolute atomic E-state index is 0.0717. The van der Waals surface area contributed by atoms with E-state index in [0.717, 1.165) is 22.7 Å². The van der Waals surface area contributed by atoms with Crippen LogP contribution in [0.2, 0.25) is 0 Å². The number of nitrogens with zero attached hydrogens (tertiary/aromatic N) is 1. The van der Waals surface area contributed by atoms with Crippen molar-refractivity contribution in [3.8, 4) is 0 Å². The van der Waals surface area contributed by atoms with Crippen LogP contribution in [0.1, 0.15) is 25.8 Å². The van der Waals surface area contributed by atoms with Crippen molar-refractivity contribution in [2.24, 2.45) is 5.73 Å². The summed E-state index contributed by atoms with van der Waals surface area (Å²) < 4.78 is 1.14. The second kappa shape index (κ2) is 7.30. The third-order valence-corrected chi connectivity index (χ3v) is 6.20. The topological polar surface area (TPSA) is 29.3 Å². The Morgan fingerprint density at radius 1 is 1.40 bits per heavy atom. The molecule has 2 atom stereocenters. The van der Waals surface area contributed by atoms with Crippen molar-refractivity contribution in [3.05, 3.63) is 34.3 Å². The quantitative estimate of drug-likeness (QED) is 0.874. The Hall–Kier alpha value is -0.0300. The van der Waals surface area contributed by atoms with Gasteiger partial charge in [-0.15, -0.1) is 0 Å². The van der Waals surface area contributed by atoms with Crippen LogP contribution in [-0.4, -0.2) is 41.1 Å². The van der Waals surface area contributed by atoms with Crippen molar-refractivity contribution in [2.75, 3.05) is 25.4 Å². The molecule has 1 aliphatic heterocycles. The van der Waals surface area contributed by atoms with E-state index in [2.05, 4.69) is 70.7 Å². The van der Waals surface area contributed by atoms with Crippen LogP contribution in [0.25, 0.3) is 0 Å². The van der Waals surface area contributed by atoms with Gasteiger partial charge in [0.2, 0.25) is 0 Å². The Balaban J connectivity index is 2.09. The first-order valence-corrected chi connectivity index (χ1v) is 9.23. The molecular formula is C16H25BrN2S. The molecule has 2 rings (SSSR count). The van der Waals surface area contributed by atoms with Gasteiger partial charge in [-0.05, 0) is 37.5 Å². The summed E-state index contributed by atoms with van der Waals surface area (Å²) in [4.78, 5) is 2.61. The van der Waals surface area contributed by atoms with Crippen LogP contribution in [0.3, 0.4) is 0 Å². The molecule has 0 bridgehead atoms. The highest BCUT2D eigenvalue weighted by molar-refractivity contribution is 9.10. The van der Waals surface area contributed by atoms with Gasteiger partial charge in [-0.1, -0.05) is 35.0 Å². The first kappa shape index (κ1) is 16.3. The van der Waals surface area contributed by atoms with Crippen molar-refractivity contribution in [1.29, 1.82) is 0 Å². The zero-order chi connectivity index (χ0) is 14.6.